The van der Waals surface area contributed by atoms with Crippen molar-refractivity contribution in [1.29, 1.82) is 0 Å². The van der Waals surface area contributed by atoms with Crippen molar-refractivity contribution in [3.63, 3.8) is 0 Å². The lowest BCUT2D eigenvalue weighted by Gasteiger charge is -2.30. The van der Waals surface area contributed by atoms with E-state index in [1.54, 1.807) is 19.3 Å². The molecule has 1 fully saturated rings. The summed E-state index contributed by atoms with van der Waals surface area (Å²) in [5.41, 5.74) is 2.98. The average molecular weight is 374 g/mol. The summed E-state index contributed by atoms with van der Waals surface area (Å²) in [7, 11) is 0. The van der Waals surface area contributed by atoms with Crippen molar-refractivity contribution in [2.45, 2.75) is 39.0 Å². The fourth-order valence-corrected chi connectivity index (χ4v) is 3.30. The summed E-state index contributed by atoms with van der Waals surface area (Å²) in [5, 5.41) is 20.4. The van der Waals surface area contributed by atoms with E-state index in [9.17, 15) is 10.2 Å². The standard InChI is InChI=1S/C20H24ClN3O2/c1-14-20(26)19(16(13-25)10-22-14)11-23-18-6-8-24(9-7-18)12-15-2-4-17(21)5-3-15/h2-5,10-11,18,25-26H,6-9,12-13H2,1H3. The van der Waals surface area contributed by atoms with Gasteiger partial charge in [-0.25, -0.2) is 0 Å². The summed E-state index contributed by atoms with van der Waals surface area (Å²) in [4.78, 5) is 11.1. The van der Waals surface area contributed by atoms with Crippen molar-refractivity contribution in [2.24, 2.45) is 4.99 Å². The maximum atomic E-state index is 10.2. The Morgan fingerprint density at radius 3 is 2.62 bits per heavy atom. The predicted octanol–water partition coefficient (Wildman–Crippen LogP) is 3.32. The number of aliphatic imine (C=N–C) groups is 1. The highest BCUT2D eigenvalue weighted by Gasteiger charge is 2.18. The molecule has 2 N–H and O–H groups in total. The number of likely N-dealkylation sites (tertiary alicyclic amines) is 1. The number of hydrogen-bond donors (Lipinski definition) is 2. The Morgan fingerprint density at radius 1 is 1.27 bits per heavy atom. The van der Waals surface area contributed by atoms with Crippen LogP contribution in [0.3, 0.4) is 0 Å². The molecule has 0 amide bonds. The third kappa shape index (κ3) is 4.61. The van der Waals surface area contributed by atoms with E-state index in [2.05, 4.69) is 27.0 Å². The number of aromatic nitrogens is 1. The molecule has 6 heteroatoms. The third-order valence-corrected chi connectivity index (χ3v) is 5.07. The number of aromatic hydroxyl groups is 1. The van der Waals surface area contributed by atoms with Crippen LogP contribution in [0.5, 0.6) is 5.75 Å². The Morgan fingerprint density at radius 2 is 1.96 bits per heavy atom. The SMILES string of the molecule is Cc1ncc(CO)c(C=NC2CCN(Cc3ccc(Cl)cc3)CC2)c1O. The molecule has 26 heavy (non-hydrogen) atoms. The Bertz CT molecular complexity index is 769. The van der Waals surface area contributed by atoms with E-state index in [-0.39, 0.29) is 18.4 Å². The van der Waals surface area contributed by atoms with E-state index in [4.69, 9.17) is 11.6 Å². The van der Waals surface area contributed by atoms with E-state index >= 15 is 0 Å². The second kappa shape index (κ2) is 8.62. The van der Waals surface area contributed by atoms with Gasteiger partial charge in [0.2, 0.25) is 0 Å². The van der Waals surface area contributed by atoms with Crippen molar-refractivity contribution in [3.8, 4) is 5.75 Å². The Labute approximate surface area is 159 Å². The number of halogens is 1. The van der Waals surface area contributed by atoms with Gasteiger partial charge in [0.1, 0.15) is 5.75 Å². The molecule has 0 unspecified atom stereocenters. The summed E-state index contributed by atoms with van der Waals surface area (Å²) < 4.78 is 0. The first-order valence-corrected chi connectivity index (χ1v) is 9.23. The van der Waals surface area contributed by atoms with Gasteiger partial charge in [0, 0.05) is 48.2 Å². The number of hydrogen-bond acceptors (Lipinski definition) is 5. The fourth-order valence-electron chi connectivity index (χ4n) is 3.18. The molecule has 0 bridgehead atoms. The molecule has 1 aromatic carbocycles. The minimum absolute atomic E-state index is 0.0977. The van der Waals surface area contributed by atoms with Crippen LogP contribution >= 0.6 is 11.6 Å². The third-order valence-electron chi connectivity index (χ3n) is 4.82. The molecule has 0 aliphatic carbocycles. The lowest BCUT2D eigenvalue weighted by atomic mass is 10.0. The minimum atomic E-state index is -0.165. The molecule has 3 rings (SSSR count). The number of piperidine rings is 1. The molecule has 0 radical (unpaired) electrons. The Kier molecular flexibility index (Phi) is 6.25. The molecular weight excluding hydrogens is 350 g/mol. The van der Waals surface area contributed by atoms with Gasteiger partial charge in [-0.15, -0.1) is 0 Å². The summed E-state index contributed by atoms with van der Waals surface area (Å²) in [6, 6.07) is 8.22. The molecule has 1 aliphatic rings. The van der Waals surface area contributed by atoms with Crippen molar-refractivity contribution in [3.05, 3.63) is 57.9 Å². The van der Waals surface area contributed by atoms with Crippen molar-refractivity contribution < 1.29 is 10.2 Å². The van der Waals surface area contributed by atoms with Crippen molar-refractivity contribution in [2.75, 3.05) is 13.1 Å². The second-order valence-corrected chi connectivity index (χ2v) is 7.14. The molecule has 0 saturated carbocycles. The molecule has 0 spiro atoms. The van der Waals surface area contributed by atoms with Crippen LogP contribution < -0.4 is 0 Å². The smallest absolute Gasteiger partial charge is 0.145 e. The number of aliphatic hydroxyl groups excluding tert-OH is 1. The number of rotatable bonds is 5. The number of aliphatic hydroxyl groups is 1. The average Bonchev–Trinajstić information content (AvgIpc) is 2.66. The van der Waals surface area contributed by atoms with Crippen LogP contribution in [0.25, 0.3) is 0 Å². The monoisotopic (exact) mass is 373 g/mol. The zero-order valence-electron chi connectivity index (χ0n) is 14.9. The lowest BCUT2D eigenvalue weighted by Crippen LogP contribution is -2.34. The van der Waals surface area contributed by atoms with Gasteiger partial charge in [0.15, 0.2) is 0 Å². The van der Waals surface area contributed by atoms with Crippen LogP contribution in [0, 0.1) is 6.92 Å². The zero-order valence-corrected chi connectivity index (χ0v) is 15.7. The van der Waals surface area contributed by atoms with Gasteiger partial charge in [-0.3, -0.25) is 14.9 Å². The van der Waals surface area contributed by atoms with Crippen LogP contribution in [0.4, 0.5) is 0 Å². The summed E-state index contributed by atoms with van der Waals surface area (Å²) >= 11 is 5.93. The fraction of sp³-hybridized carbons (Fsp3) is 0.400. The number of benzene rings is 1. The van der Waals surface area contributed by atoms with Gasteiger partial charge >= 0.3 is 0 Å². The van der Waals surface area contributed by atoms with Gasteiger partial charge in [-0.2, -0.15) is 0 Å². The van der Waals surface area contributed by atoms with Crippen molar-refractivity contribution in [1.82, 2.24) is 9.88 Å². The Balaban J connectivity index is 1.58. The second-order valence-electron chi connectivity index (χ2n) is 6.70. The van der Waals surface area contributed by atoms with Gasteiger partial charge < -0.3 is 10.2 Å². The topological polar surface area (TPSA) is 69.0 Å². The van der Waals surface area contributed by atoms with Crippen LogP contribution in [-0.4, -0.2) is 45.4 Å². The molecule has 1 aliphatic heterocycles. The first-order valence-electron chi connectivity index (χ1n) is 8.85. The largest absolute Gasteiger partial charge is 0.505 e. The van der Waals surface area contributed by atoms with Crippen LogP contribution in [0.1, 0.15) is 35.2 Å². The van der Waals surface area contributed by atoms with E-state index < -0.39 is 0 Å². The molecule has 2 aromatic rings. The van der Waals surface area contributed by atoms with Crippen LogP contribution in [-0.2, 0) is 13.2 Å². The highest BCUT2D eigenvalue weighted by atomic mass is 35.5. The maximum Gasteiger partial charge on any atom is 0.145 e. The van der Waals surface area contributed by atoms with E-state index in [1.807, 2.05) is 12.1 Å². The molecule has 138 valence electrons. The summed E-state index contributed by atoms with van der Waals surface area (Å²) in [6.45, 7) is 4.47. The molecule has 0 atom stereocenters. The number of aryl methyl sites for hydroxylation is 1. The van der Waals surface area contributed by atoms with Gasteiger partial charge in [-0.1, -0.05) is 23.7 Å². The maximum absolute atomic E-state index is 10.2. The van der Waals surface area contributed by atoms with E-state index in [0.29, 0.717) is 16.8 Å². The molecule has 1 saturated heterocycles. The quantitative estimate of drug-likeness (QED) is 0.789. The summed E-state index contributed by atoms with van der Waals surface area (Å²) in [6.07, 6.45) is 5.23. The highest BCUT2D eigenvalue weighted by molar-refractivity contribution is 6.30. The Hall–Kier alpha value is -1.95. The van der Waals surface area contributed by atoms with E-state index in [0.717, 1.165) is 37.5 Å². The van der Waals surface area contributed by atoms with Crippen molar-refractivity contribution >= 4 is 17.8 Å². The van der Waals surface area contributed by atoms with Gasteiger partial charge in [0.05, 0.1) is 18.3 Å². The molecule has 5 nitrogen and oxygen atoms in total. The first kappa shape index (κ1) is 18.8. The predicted molar refractivity (Wildman–Crippen MR) is 104 cm³/mol. The zero-order chi connectivity index (χ0) is 18.5. The molecule has 2 heterocycles. The van der Waals surface area contributed by atoms with Gasteiger partial charge in [0.25, 0.3) is 0 Å². The highest BCUT2D eigenvalue weighted by Crippen LogP contribution is 2.23. The number of pyridine rings is 1. The van der Waals surface area contributed by atoms with Crippen LogP contribution in [0.15, 0.2) is 35.5 Å². The summed E-state index contributed by atoms with van der Waals surface area (Å²) in [5.74, 6) is 0.0977. The minimum Gasteiger partial charge on any atom is -0.505 e. The van der Waals surface area contributed by atoms with Gasteiger partial charge in [-0.05, 0) is 37.5 Å². The normalized spacial score (nSPS) is 16.4. The van der Waals surface area contributed by atoms with E-state index in [1.165, 1.54) is 5.56 Å². The molecular formula is C20H24ClN3O2. The molecule has 1 aromatic heterocycles. The number of nitrogens with zero attached hydrogens (tertiary/aromatic N) is 3. The first-order chi connectivity index (χ1) is 12.6. The van der Waals surface area contributed by atoms with Crippen LogP contribution in [0.2, 0.25) is 5.02 Å². The lowest BCUT2D eigenvalue weighted by molar-refractivity contribution is 0.206.